The van der Waals surface area contributed by atoms with Crippen molar-refractivity contribution in [2.75, 3.05) is 12.5 Å². The van der Waals surface area contributed by atoms with Crippen LogP contribution in [0.15, 0.2) is 42.5 Å². The van der Waals surface area contributed by atoms with E-state index in [-0.39, 0.29) is 54.5 Å². The molecule has 4 aromatic rings. The summed E-state index contributed by atoms with van der Waals surface area (Å²) in [5.41, 5.74) is 6.26. The van der Waals surface area contributed by atoms with Crippen LogP contribution < -0.4 is 4.18 Å². The molecule has 0 bridgehead atoms. The molecule has 1 atom stereocenters. The van der Waals surface area contributed by atoms with Gasteiger partial charge in [-0.1, -0.05) is 41.1 Å². The monoisotopic (exact) mass is 660 g/mol. The van der Waals surface area contributed by atoms with E-state index in [2.05, 4.69) is 10.3 Å². The zero-order valence-corrected chi connectivity index (χ0v) is 27.0. The molecule has 44 heavy (non-hydrogen) atoms. The minimum absolute atomic E-state index is 0.00575. The van der Waals surface area contributed by atoms with Gasteiger partial charge in [0.25, 0.3) is 0 Å². The smallest absolute Gasteiger partial charge is 0.385 e. The normalized spacial score (nSPS) is 15.1. The molecule has 1 aromatic heterocycles. The van der Waals surface area contributed by atoms with Crippen molar-refractivity contribution >= 4 is 50.5 Å². The summed E-state index contributed by atoms with van der Waals surface area (Å²) in [7, 11) is -4.14. The minimum Gasteiger partial charge on any atom is -0.506 e. The number of alkyl halides is 1. The summed E-state index contributed by atoms with van der Waals surface area (Å²) in [4.78, 5) is 12.9. The lowest BCUT2D eigenvalue weighted by molar-refractivity contribution is -0.143. The second kappa shape index (κ2) is 13.3. The summed E-state index contributed by atoms with van der Waals surface area (Å²) < 4.78 is 39.9. The topological polar surface area (TPSA) is 124 Å². The van der Waals surface area contributed by atoms with Crippen molar-refractivity contribution in [3.63, 3.8) is 0 Å². The number of halogens is 2. The summed E-state index contributed by atoms with van der Waals surface area (Å²) in [5, 5.41) is 18.9. The van der Waals surface area contributed by atoms with Crippen LogP contribution in [-0.4, -0.2) is 51.3 Å². The Morgan fingerprint density at radius 3 is 2.70 bits per heavy atom. The van der Waals surface area contributed by atoms with Crippen LogP contribution in [0.3, 0.4) is 0 Å². The fraction of sp³-hybridized carbons (Fsp3) is 0.387. The molecule has 0 saturated heterocycles. The van der Waals surface area contributed by atoms with Gasteiger partial charge < -0.3 is 14.0 Å². The molecule has 0 fully saturated rings. The fourth-order valence-corrected chi connectivity index (χ4v) is 6.99. The zero-order valence-electron chi connectivity index (χ0n) is 24.7. The Morgan fingerprint density at radius 2 is 1.95 bits per heavy atom. The third-order valence-electron chi connectivity index (χ3n) is 7.94. The second-order valence-electron chi connectivity index (χ2n) is 10.8. The number of aromatic nitrogens is 3. The Kier molecular flexibility index (Phi) is 9.69. The first-order chi connectivity index (χ1) is 21.0. The quantitative estimate of drug-likeness (QED) is 0.115. The van der Waals surface area contributed by atoms with Crippen LogP contribution in [0.25, 0.3) is 11.0 Å². The average Bonchev–Trinajstić information content (AvgIpc) is 3.40. The summed E-state index contributed by atoms with van der Waals surface area (Å²) >= 11 is 12.1. The van der Waals surface area contributed by atoms with Gasteiger partial charge in [-0.05, 0) is 79.6 Å². The summed E-state index contributed by atoms with van der Waals surface area (Å²) in [5.74, 6) is -0.213. The van der Waals surface area contributed by atoms with E-state index in [0.29, 0.717) is 18.0 Å². The fourth-order valence-electron chi connectivity index (χ4n) is 5.52. The molecule has 3 aromatic carbocycles. The number of hydrogen-bond acceptors (Lipinski definition) is 8. The molecule has 0 spiro atoms. The van der Waals surface area contributed by atoms with Gasteiger partial charge in [0.1, 0.15) is 17.0 Å². The minimum atomic E-state index is -4.14. The van der Waals surface area contributed by atoms with Crippen LogP contribution in [0.4, 0.5) is 0 Å². The number of fused-ring (bicyclic) bond motifs is 2. The van der Waals surface area contributed by atoms with E-state index in [1.807, 2.05) is 48.9 Å². The van der Waals surface area contributed by atoms with E-state index in [1.165, 1.54) is 16.4 Å². The Bertz CT molecular complexity index is 1810. The van der Waals surface area contributed by atoms with Crippen LogP contribution in [0.5, 0.6) is 11.5 Å². The van der Waals surface area contributed by atoms with Gasteiger partial charge in [0.05, 0.1) is 23.6 Å². The summed E-state index contributed by atoms with van der Waals surface area (Å²) in [6.45, 7) is 6.51. The van der Waals surface area contributed by atoms with Crippen molar-refractivity contribution in [2.45, 2.75) is 65.6 Å². The molecule has 13 heteroatoms. The van der Waals surface area contributed by atoms with Crippen molar-refractivity contribution in [1.82, 2.24) is 19.3 Å². The SMILES string of the molecule is CCOC(=O)CC(c1ccc(C)c(CN2Cc3c(ccc(O)c3Cl)OS2(=O)=O)c1)c1ccc2c(nnn2CCCCCl)c1C. The lowest BCUT2D eigenvalue weighted by Gasteiger charge is -2.29. The maximum atomic E-state index is 13.1. The Morgan fingerprint density at radius 1 is 1.16 bits per heavy atom. The van der Waals surface area contributed by atoms with Crippen LogP contribution in [0.2, 0.25) is 5.02 Å². The first-order valence-corrected chi connectivity index (χ1v) is 16.6. The molecular weight excluding hydrogens is 627 g/mol. The number of carbonyl (C=O) groups excluding carboxylic acids is 1. The summed E-state index contributed by atoms with van der Waals surface area (Å²) in [6.07, 6.45) is 1.85. The summed E-state index contributed by atoms with van der Waals surface area (Å²) in [6, 6.07) is 12.4. The highest BCUT2D eigenvalue weighted by molar-refractivity contribution is 7.84. The lowest BCUT2D eigenvalue weighted by Crippen LogP contribution is -2.37. The number of rotatable bonds is 11. The van der Waals surface area contributed by atoms with E-state index < -0.39 is 10.3 Å². The molecule has 2 heterocycles. The zero-order chi connectivity index (χ0) is 31.6. The molecule has 5 rings (SSSR count). The predicted octanol–water partition coefficient (Wildman–Crippen LogP) is 6.15. The standard InChI is InChI=1S/C31H34Cl2N4O6S/c1-4-42-29(39)16-24(23-9-10-26-31(20(23)3)34-35-37(26)14-6-5-13-32)21-8-7-19(2)22(15-21)17-36-18-25-28(43-44(36,40)41)12-11-27(38)30(25)33/h7-12,15,24,38H,4-6,13-14,16-18H2,1-3H3. The van der Waals surface area contributed by atoms with Crippen molar-refractivity contribution in [2.24, 2.45) is 0 Å². The van der Waals surface area contributed by atoms with Crippen LogP contribution in [0.1, 0.15) is 65.5 Å². The lowest BCUT2D eigenvalue weighted by atomic mass is 9.84. The Labute approximate surface area is 266 Å². The van der Waals surface area contributed by atoms with Gasteiger partial charge in [-0.15, -0.1) is 16.7 Å². The third-order valence-corrected chi connectivity index (χ3v) is 9.91. The number of aryl methyl sites for hydroxylation is 3. The van der Waals surface area contributed by atoms with Gasteiger partial charge in [0, 0.05) is 37.0 Å². The highest BCUT2D eigenvalue weighted by atomic mass is 35.5. The number of phenolic OH excluding ortho intramolecular Hbond substituents is 1. The maximum absolute atomic E-state index is 13.1. The molecule has 0 saturated carbocycles. The van der Waals surface area contributed by atoms with Crippen molar-refractivity contribution in [3.05, 3.63) is 80.9 Å². The maximum Gasteiger partial charge on any atom is 0.385 e. The predicted molar refractivity (Wildman–Crippen MR) is 168 cm³/mol. The van der Waals surface area contributed by atoms with Crippen molar-refractivity contribution in [1.29, 1.82) is 0 Å². The largest absolute Gasteiger partial charge is 0.506 e. The molecule has 234 valence electrons. The molecule has 1 N–H and O–H groups in total. The number of ether oxygens (including phenoxy) is 1. The molecule has 0 radical (unpaired) electrons. The third kappa shape index (κ3) is 6.51. The molecule has 0 aliphatic carbocycles. The van der Waals surface area contributed by atoms with E-state index in [4.69, 9.17) is 32.1 Å². The van der Waals surface area contributed by atoms with Gasteiger partial charge >= 0.3 is 16.3 Å². The molecular formula is C31H34Cl2N4O6S. The molecule has 0 amide bonds. The van der Waals surface area contributed by atoms with Crippen LogP contribution in [-0.2, 0) is 39.5 Å². The van der Waals surface area contributed by atoms with Crippen molar-refractivity contribution in [3.8, 4) is 11.5 Å². The average molecular weight is 662 g/mol. The number of carbonyl (C=O) groups is 1. The molecule has 1 unspecified atom stereocenters. The van der Waals surface area contributed by atoms with Crippen LogP contribution >= 0.6 is 23.2 Å². The molecule has 1 aliphatic heterocycles. The number of phenols is 1. The van der Waals surface area contributed by atoms with E-state index in [9.17, 15) is 18.3 Å². The number of aromatic hydroxyl groups is 1. The number of esters is 1. The van der Waals surface area contributed by atoms with E-state index in [1.54, 1.807) is 6.92 Å². The molecule has 1 aliphatic rings. The first kappa shape index (κ1) is 32.0. The number of hydrogen-bond donors (Lipinski definition) is 1. The van der Waals surface area contributed by atoms with Crippen LogP contribution in [0, 0.1) is 13.8 Å². The first-order valence-electron chi connectivity index (χ1n) is 14.4. The van der Waals surface area contributed by atoms with E-state index in [0.717, 1.165) is 51.7 Å². The second-order valence-corrected chi connectivity index (χ2v) is 13.1. The van der Waals surface area contributed by atoms with Gasteiger partial charge in [-0.3, -0.25) is 4.79 Å². The number of benzene rings is 3. The number of unbranched alkanes of at least 4 members (excludes halogenated alkanes) is 1. The van der Waals surface area contributed by atoms with Gasteiger partial charge in [-0.25, -0.2) is 4.68 Å². The van der Waals surface area contributed by atoms with E-state index >= 15 is 0 Å². The highest BCUT2D eigenvalue weighted by Gasteiger charge is 2.34. The Hall–Kier alpha value is -3.38. The van der Waals surface area contributed by atoms with Gasteiger partial charge in [0.2, 0.25) is 0 Å². The Balaban J connectivity index is 1.51. The van der Waals surface area contributed by atoms with Crippen molar-refractivity contribution < 1.29 is 27.2 Å². The highest BCUT2D eigenvalue weighted by Crippen LogP contribution is 2.40. The molecule has 10 nitrogen and oxygen atoms in total. The van der Waals surface area contributed by atoms with Gasteiger partial charge in [0.15, 0.2) is 0 Å². The number of nitrogens with zero attached hydrogens (tertiary/aromatic N) is 4. The van der Waals surface area contributed by atoms with Gasteiger partial charge in [-0.2, -0.15) is 12.7 Å².